The monoisotopic (exact) mass is 305 g/mol. The number of carbonyl (C=O) groups excluding carboxylic acids is 1. The van der Waals surface area contributed by atoms with E-state index in [0.29, 0.717) is 30.7 Å². The second kappa shape index (κ2) is 6.39. The van der Waals surface area contributed by atoms with Gasteiger partial charge in [0.1, 0.15) is 0 Å². The summed E-state index contributed by atoms with van der Waals surface area (Å²) in [6.07, 6.45) is 4.39. The second-order valence-electron chi connectivity index (χ2n) is 5.44. The summed E-state index contributed by atoms with van der Waals surface area (Å²) >= 11 is 1.59. The van der Waals surface area contributed by atoms with Gasteiger partial charge in [-0.25, -0.2) is 0 Å². The van der Waals surface area contributed by atoms with Gasteiger partial charge in [0, 0.05) is 36.4 Å². The number of rotatable bonds is 4. The summed E-state index contributed by atoms with van der Waals surface area (Å²) in [5.74, 6) is 1.26. The maximum absolute atomic E-state index is 12.3. The third-order valence-electron chi connectivity index (χ3n) is 3.91. The van der Waals surface area contributed by atoms with Crippen molar-refractivity contribution in [3.63, 3.8) is 0 Å². The zero-order valence-electron chi connectivity index (χ0n) is 12.1. The molecule has 0 N–H and O–H groups in total. The molecule has 0 spiro atoms. The Bertz CT molecular complexity index is 594. The fourth-order valence-electron chi connectivity index (χ4n) is 2.68. The highest BCUT2D eigenvalue weighted by Gasteiger charge is 2.23. The molecule has 2 aromatic heterocycles. The van der Waals surface area contributed by atoms with Gasteiger partial charge in [0.2, 0.25) is 17.7 Å². The molecule has 112 valence electrons. The molecule has 1 saturated heterocycles. The lowest BCUT2D eigenvalue weighted by atomic mass is 10.0. The lowest BCUT2D eigenvalue weighted by Crippen LogP contribution is -2.42. The van der Waals surface area contributed by atoms with Crippen LogP contribution in [0.25, 0.3) is 11.5 Å². The van der Waals surface area contributed by atoms with Gasteiger partial charge in [-0.1, -0.05) is 0 Å². The molecular weight excluding hydrogens is 286 g/mol. The third-order valence-corrected chi connectivity index (χ3v) is 4.59. The molecule has 1 unspecified atom stereocenters. The standard InChI is InChI=1S/C15H19N3O2S/c1-11-4-2-3-8-18(11)14(19)6-5-13-16-17-15(20-13)12-7-9-21-10-12/h7,9-11H,2-6,8H2,1H3. The molecule has 1 amide bonds. The minimum absolute atomic E-state index is 0.192. The van der Waals surface area contributed by atoms with Crippen LogP contribution in [0.5, 0.6) is 0 Å². The van der Waals surface area contributed by atoms with E-state index in [1.54, 1.807) is 11.3 Å². The van der Waals surface area contributed by atoms with Gasteiger partial charge in [0.15, 0.2) is 0 Å². The molecular formula is C15H19N3O2S. The van der Waals surface area contributed by atoms with Gasteiger partial charge in [-0.3, -0.25) is 4.79 Å². The summed E-state index contributed by atoms with van der Waals surface area (Å²) in [5.41, 5.74) is 0.940. The lowest BCUT2D eigenvalue weighted by Gasteiger charge is -2.33. The number of amides is 1. The molecule has 0 saturated carbocycles. The Labute approximate surface area is 128 Å². The van der Waals surface area contributed by atoms with E-state index in [1.807, 2.05) is 21.7 Å². The summed E-state index contributed by atoms with van der Waals surface area (Å²) in [6.45, 7) is 3.00. The van der Waals surface area contributed by atoms with Gasteiger partial charge >= 0.3 is 0 Å². The number of thiophene rings is 1. The SMILES string of the molecule is CC1CCCCN1C(=O)CCc1nnc(-c2ccsc2)o1. The van der Waals surface area contributed by atoms with Crippen LogP contribution in [0, 0.1) is 0 Å². The lowest BCUT2D eigenvalue weighted by molar-refractivity contribution is -0.134. The van der Waals surface area contributed by atoms with Crippen molar-refractivity contribution in [1.29, 1.82) is 0 Å². The van der Waals surface area contributed by atoms with Crippen LogP contribution in [0.2, 0.25) is 0 Å². The summed E-state index contributed by atoms with van der Waals surface area (Å²) in [4.78, 5) is 14.2. The van der Waals surface area contributed by atoms with Crippen LogP contribution in [0.3, 0.4) is 0 Å². The first-order valence-electron chi connectivity index (χ1n) is 7.38. The highest BCUT2D eigenvalue weighted by molar-refractivity contribution is 7.08. The van der Waals surface area contributed by atoms with Crippen LogP contribution in [-0.2, 0) is 11.2 Å². The smallest absolute Gasteiger partial charge is 0.248 e. The predicted octanol–water partition coefficient (Wildman–Crippen LogP) is 3.13. The molecule has 3 rings (SSSR count). The number of hydrogen-bond acceptors (Lipinski definition) is 5. The fraction of sp³-hybridized carbons (Fsp3) is 0.533. The number of carbonyl (C=O) groups is 1. The van der Waals surface area contributed by atoms with Gasteiger partial charge in [-0.05, 0) is 37.6 Å². The van der Waals surface area contributed by atoms with E-state index in [-0.39, 0.29) is 5.91 Å². The average Bonchev–Trinajstić information content (AvgIpc) is 3.16. The van der Waals surface area contributed by atoms with Crippen LogP contribution in [0.15, 0.2) is 21.2 Å². The first-order valence-corrected chi connectivity index (χ1v) is 8.33. The van der Waals surface area contributed by atoms with E-state index < -0.39 is 0 Å². The van der Waals surface area contributed by atoms with Crippen molar-refractivity contribution in [1.82, 2.24) is 15.1 Å². The van der Waals surface area contributed by atoms with Crippen molar-refractivity contribution in [2.24, 2.45) is 0 Å². The Morgan fingerprint density at radius 2 is 2.38 bits per heavy atom. The van der Waals surface area contributed by atoms with Gasteiger partial charge in [0.05, 0.1) is 0 Å². The summed E-state index contributed by atoms with van der Waals surface area (Å²) in [7, 11) is 0. The Morgan fingerprint density at radius 3 is 3.14 bits per heavy atom. The molecule has 2 aromatic rings. The molecule has 1 aliphatic heterocycles. The highest BCUT2D eigenvalue weighted by atomic mass is 32.1. The van der Waals surface area contributed by atoms with Gasteiger partial charge in [-0.15, -0.1) is 10.2 Å². The van der Waals surface area contributed by atoms with E-state index >= 15 is 0 Å². The molecule has 21 heavy (non-hydrogen) atoms. The van der Waals surface area contributed by atoms with Crippen molar-refractivity contribution in [3.05, 3.63) is 22.7 Å². The molecule has 1 atom stereocenters. The molecule has 5 nitrogen and oxygen atoms in total. The maximum atomic E-state index is 12.3. The number of aromatic nitrogens is 2. The summed E-state index contributed by atoms with van der Waals surface area (Å²) in [6, 6.07) is 2.30. The molecule has 0 aromatic carbocycles. The van der Waals surface area contributed by atoms with Crippen molar-refractivity contribution in [3.8, 4) is 11.5 Å². The predicted molar refractivity (Wildman–Crippen MR) is 81.0 cm³/mol. The molecule has 6 heteroatoms. The number of hydrogen-bond donors (Lipinski definition) is 0. The highest BCUT2D eigenvalue weighted by Crippen LogP contribution is 2.21. The number of aryl methyl sites for hydroxylation is 1. The first-order chi connectivity index (χ1) is 10.2. The zero-order valence-corrected chi connectivity index (χ0v) is 12.9. The Hall–Kier alpha value is -1.69. The average molecular weight is 305 g/mol. The van der Waals surface area contributed by atoms with Gasteiger partial charge in [0.25, 0.3) is 0 Å². The molecule has 0 bridgehead atoms. The van der Waals surface area contributed by atoms with Crippen molar-refractivity contribution < 1.29 is 9.21 Å². The van der Waals surface area contributed by atoms with E-state index in [9.17, 15) is 4.79 Å². The quantitative estimate of drug-likeness (QED) is 0.870. The number of piperidine rings is 1. The number of nitrogens with zero attached hydrogens (tertiary/aromatic N) is 3. The minimum atomic E-state index is 0.192. The van der Waals surface area contributed by atoms with E-state index in [2.05, 4.69) is 17.1 Å². The first kappa shape index (κ1) is 14.3. The minimum Gasteiger partial charge on any atom is -0.421 e. The van der Waals surface area contributed by atoms with Crippen LogP contribution < -0.4 is 0 Å². The molecule has 3 heterocycles. The largest absolute Gasteiger partial charge is 0.421 e. The topological polar surface area (TPSA) is 59.2 Å². The molecule has 0 radical (unpaired) electrons. The molecule has 1 aliphatic rings. The summed E-state index contributed by atoms with van der Waals surface area (Å²) in [5, 5.41) is 12.0. The van der Waals surface area contributed by atoms with E-state index in [4.69, 9.17) is 4.42 Å². The number of likely N-dealkylation sites (tertiary alicyclic amines) is 1. The van der Waals surface area contributed by atoms with E-state index in [1.165, 1.54) is 6.42 Å². The van der Waals surface area contributed by atoms with Crippen molar-refractivity contribution >= 4 is 17.2 Å². The third kappa shape index (κ3) is 3.32. The Morgan fingerprint density at radius 1 is 1.48 bits per heavy atom. The van der Waals surface area contributed by atoms with Crippen molar-refractivity contribution in [2.45, 2.75) is 45.1 Å². The fourth-order valence-corrected chi connectivity index (χ4v) is 3.31. The van der Waals surface area contributed by atoms with Crippen LogP contribution in [-0.4, -0.2) is 33.6 Å². The van der Waals surface area contributed by atoms with Crippen LogP contribution >= 0.6 is 11.3 Å². The van der Waals surface area contributed by atoms with Crippen LogP contribution in [0.1, 0.15) is 38.5 Å². The summed E-state index contributed by atoms with van der Waals surface area (Å²) < 4.78 is 5.61. The molecule has 1 fully saturated rings. The maximum Gasteiger partial charge on any atom is 0.248 e. The second-order valence-corrected chi connectivity index (χ2v) is 6.22. The van der Waals surface area contributed by atoms with Crippen molar-refractivity contribution in [2.75, 3.05) is 6.54 Å². The zero-order chi connectivity index (χ0) is 14.7. The van der Waals surface area contributed by atoms with Gasteiger partial charge in [-0.2, -0.15) is 11.3 Å². The van der Waals surface area contributed by atoms with Gasteiger partial charge < -0.3 is 9.32 Å². The molecule has 0 aliphatic carbocycles. The Kier molecular flexibility index (Phi) is 4.34. The normalized spacial score (nSPS) is 18.9. The Balaban J connectivity index is 1.56. The van der Waals surface area contributed by atoms with Crippen LogP contribution in [0.4, 0.5) is 0 Å². The van der Waals surface area contributed by atoms with E-state index in [0.717, 1.165) is 24.9 Å².